The van der Waals surface area contributed by atoms with Gasteiger partial charge in [-0.25, -0.2) is 9.48 Å². The van der Waals surface area contributed by atoms with E-state index in [4.69, 9.17) is 4.74 Å². The van der Waals surface area contributed by atoms with Crippen LogP contribution in [-0.2, 0) is 0 Å². The molecule has 0 spiro atoms. The number of benzene rings is 1. The third-order valence-corrected chi connectivity index (χ3v) is 6.01. The van der Waals surface area contributed by atoms with Crippen LogP contribution >= 0.6 is 11.8 Å². The monoisotopic (exact) mass is 328 g/mol. The fraction of sp³-hybridized carbons (Fsp3) is 0.375. The van der Waals surface area contributed by atoms with Crippen LogP contribution < -0.4 is 15.4 Å². The average Bonchev–Trinajstić information content (AvgIpc) is 3.07. The van der Waals surface area contributed by atoms with E-state index in [0.29, 0.717) is 0 Å². The molecule has 1 aromatic carbocycles. The molecule has 2 bridgehead atoms. The van der Waals surface area contributed by atoms with Crippen molar-refractivity contribution in [3.8, 4) is 11.4 Å². The molecular formula is C16H16N4O2S. The maximum Gasteiger partial charge on any atom is 0.318 e. The summed E-state index contributed by atoms with van der Waals surface area (Å²) in [5, 5.41) is 10.4. The fourth-order valence-electron chi connectivity index (χ4n) is 3.82. The summed E-state index contributed by atoms with van der Waals surface area (Å²) in [6, 6.07) is 7.84. The number of urea groups is 1. The van der Waals surface area contributed by atoms with Crippen LogP contribution in [0.3, 0.4) is 0 Å². The maximum atomic E-state index is 12.1. The Labute approximate surface area is 137 Å². The number of nitrogens with zero attached hydrogens (tertiary/aromatic N) is 2. The Bertz CT molecular complexity index is 778. The molecule has 2 N–H and O–H groups in total. The van der Waals surface area contributed by atoms with Crippen molar-refractivity contribution in [3.05, 3.63) is 42.2 Å². The first kappa shape index (κ1) is 13.3. The van der Waals surface area contributed by atoms with E-state index in [1.165, 1.54) is 0 Å². The van der Waals surface area contributed by atoms with Crippen molar-refractivity contribution in [2.45, 2.75) is 18.2 Å². The quantitative estimate of drug-likeness (QED) is 0.841. The SMILES string of the molecule is O=C1NC2c3ccc(-n4cccn4)cc3OC3(CCSCC23)N1. The Balaban J connectivity index is 1.63. The predicted molar refractivity (Wildman–Crippen MR) is 86.8 cm³/mol. The van der Waals surface area contributed by atoms with Crippen molar-refractivity contribution in [2.24, 2.45) is 5.92 Å². The highest BCUT2D eigenvalue weighted by Gasteiger charge is 2.55. The predicted octanol–water partition coefficient (Wildman–Crippen LogP) is 2.07. The van der Waals surface area contributed by atoms with E-state index in [2.05, 4.69) is 15.7 Å². The van der Waals surface area contributed by atoms with Crippen LogP contribution in [-0.4, -0.2) is 33.0 Å². The van der Waals surface area contributed by atoms with Crippen LogP contribution in [0.25, 0.3) is 5.69 Å². The molecule has 118 valence electrons. The van der Waals surface area contributed by atoms with Gasteiger partial charge in [0, 0.05) is 36.2 Å². The summed E-state index contributed by atoms with van der Waals surface area (Å²) >= 11 is 1.92. The highest BCUT2D eigenvalue weighted by Crippen LogP contribution is 2.50. The van der Waals surface area contributed by atoms with E-state index in [9.17, 15) is 4.79 Å². The lowest BCUT2D eigenvalue weighted by atomic mass is 9.79. The molecule has 7 heteroatoms. The molecule has 2 amide bonds. The van der Waals surface area contributed by atoms with E-state index in [-0.39, 0.29) is 18.0 Å². The number of amides is 2. The summed E-state index contributed by atoms with van der Waals surface area (Å²) in [5.41, 5.74) is 1.44. The van der Waals surface area contributed by atoms with Crippen molar-refractivity contribution in [2.75, 3.05) is 11.5 Å². The van der Waals surface area contributed by atoms with Crippen molar-refractivity contribution in [1.29, 1.82) is 0 Å². The summed E-state index contributed by atoms with van der Waals surface area (Å²) in [6.07, 6.45) is 4.49. The van der Waals surface area contributed by atoms with Gasteiger partial charge in [0.1, 0.15) is 5.75 Å². The zero-order valence-corrected chi connectivity index (χ0v) is 13.2. The normalized spacial score (nSPS) is 31.2. The van der Waals surface area contributed by atoms with Gasteiger partial charge in [0.25, 0.3) is 0 Å². The number of rotatable bonds is 1. The Morgan fingerprint density at radius 3 is 3.26 bits per heavy atom. The van der Waals surface area contributed by atoms with Crippen LogP contribution in [0.4, 0.5) is 4.79 Å². The van der Waals surface area contributed by atoms with Gasteiger partial charge in [0.15, 0.2) is 5.72 Å². The number of carbonyl (C=O) groups excluding carboxylic acids is 1. The Morgan fingerprint density at radius 2 is 2.39 bits per heavy atom. The lowest BCUT2D eigenvalue weighted by molar-refractivity contribution is -0.0549. The number of nitrogens with one attached hydrogen (secondary N) is 2. The van der Waals surface area contributed by atoms with E-state index in [1.54, 1.807) is 6.20 Å². The summed E-state index contributed by atoms with van der Waals surface area (Å²) in [7, 11) is 0. The molecule has 3 unspecified atom stereocenters. The Morgan fingerprint density at radius 1 is 1.43 bits per heavy atom. The number of hydrogen-bond donors (Lipinski definition) is 2. The highest BCUT2D eigenvalue weighted by atomic mass is 32.2. The molecule has 0 aliphatic carbocycles. The molecule has 2 fully saturated rings. The molecule has 1 aromatic heterocycles. The lowest BCUT2D eigenvalue weighted by Gasteiger charge is -2.54. The van der Waals surface area contributed by atoms with Gasteiger partial charge >= 0.3 is 6.03 Å². The second-order valence-electron chi connectivity index (χ2n) is 6.17. The number of hydrogen-bond acceptors (Lipinski definition) is 4. The van der Waals surface area contributed by atoms with Gasteiger partial charge in [-0.3, -0.25) is 5.32 Å². The first-order valence-electron chi connectivity index (χ1n) is 7.75. The number of aromatic nitrogens is 2. The summed E-state index contributed by atoms with van der Waals surface area (Å²) in [6.45, 7) is 0. The molecule has 3 aliphatic heterocycles. The molecule has 0 radical (unpaired) electrons. The third-order valence-electron chi connectivity index (χ3n) is 4.92. The molecule has 4 heterocycles. The van der Waals surface area contributed by atoms with Crippen LogP contribution in [0.2, 0.25) is 0 Å². The zero-order valence-electron chi connectivity index (χ0n) is 12.4. The Kier molecular flexibility index (Phi) is 2.70. The number of thioether (sulfide) groups is 1. The molecule has 2 aromatic rings. The minimum absolute atomic E-state index is 0.00646. The molecule has 5 rings (SSSR count). The lowest BCUT2D eigenvalue weighted by Crippen LogP contribution is -2.71. The summed E-state index contributed by atoms with van der Waals surface area (Å²) in [5.74, 6) is 3.07. The second kappa shape index (κ2) is 4.67. The standard InChI is InChI=1S/C16H16N4O2S/c21-15-18-14-11-3-2-10(20-6-1-5-17-20)8-13(11)22-16(19-15)4-7-23-9-12(14)16/h1-3,5-6,8,12,14H,4,7,9H2,(H2,18,19,21). The van der Waals surface area contributed by atoms with Gasteiger partial charge in [-0.15, -0.1) is 0 Å². The first-order valence-corrected chi connectivity index (χ1v) is 8.90. The van der Waals surface area contributed by atoms with E-state index in [0.717, 1.165) is 34.9 Å². The van der Waals surface area contributed by atoms with Gasteiger partial charge in [-0.2, -0.15) is 16.9 Å². The van der Waals surface area contributed by atoms with Gasteiger partial charge in [-0.05, 0) is 17.9 Å². The maximum absolute atomic E-state index is 12.1. The topological polar surface area (TPSA) is 68.2 Å². The molecule has 23 heavy (non-hydrogen) atoms. The average molecular weight is 328 g/mol. The minimum atomic E-state index is -0.575. The molecule has 2 saturated heterocycles. The van der Waals surface area contributed by atoms with Crippen molar-refractivity contribution < 1.29 is 9.53 Å². The Hall–Kier alpha value is -2.15. The van der Waals surface area contributed by atoms with Crippen molar-refractivity contribution >= 4 is 17.8 Å². The van der Waals surface area contributed by atoms with Crippen LogP contribution in [0.1, 0.15) is 18.0 Å². The number of fused-ring (bicyclic) bond motifs is 2. The second-order valence-corrected chi connectivity index (χ2v) is 7.32. The fourth-order valence-corrected chi connectivity index (χ4v) is 5.15. The molecule has 6 nitrogen and oxygen atoms in total. The highest BCUT2D eigenvalue weighted by molar-refractivity contribution is 7.99. The van der Waals surface area contributed by atoms with Crippen molar-refractivity contribution in [1.82, 2.24) is 20.4 Å². The number of carbonyl (C=O) groups is 1. The summed E-state index contributed by atoms with van der Waals surface area (Å²) < 4.78 is 8.19. The molecule has 3 atom stereocenters. The van der Waals surface area contributed by atoms with Crippen molar-refractivity contribution in [3.63, 3.8) is 0 Å². The van der Waals surface area contributed by atoms with Gasteiger partial charge in [-0.1, -0.05) is 6.07 Å². The van der Waals surface area contributed by atoms with Crippen LogP contribution in [0.15, 0.2) is 36.7 Å². The van der Waals surface area contributed by atoms with Gasteiger partial charge in [0.2, 0.25) is 0 Å². The minimum Gasteiger partial charge on any atom is -0.467 e. The largest absolute Gasteiger partial charge is 0.467 e. The van der Waals surface area contributed by atoms with Crippen LogP contribution in [0.5, 0.6) is 5.75 Å². The number of ether oxygens (including phenoxy) is 1. The van der Waals surface area contributed by atoms with E-state index < -0.39 is 5.72 Å². The van der Waals surface area contributed by atoms with Crippen LogP contribution in [0, 0.1) is 5.92 Å². The smallest absolute Gasteiger partial charge is 0.318 e. The van der Waals surface area contributed by atoms with E-state index >= 15 is 0 Å². The molecule has 0 saturated carbocycles. The zero-order chi connectivity index (χ0) is 15.4. The van der Waals surface area contributed by atoms with Gasteiger partial charge < -0.3 is 10.1 Å². The third kappa shape index (κ3) is 1.89. The summed E-state index contributed by atoms with van der Waals surface area (Å²) in [4.78, 5) is 12.1. The van der Waals surface area contributed by atoms with E-state index in [1.807, 2.05) is 46.9 Å². The first-order chi connectivity index (χ1) is 11.3. The van der Waals surface area contributed by atoms with Gasteiger partial charge in [0.05, 0.1) is 17.6 Å². The molecular weight excluding hydrogens is 312 g/mol. The molecule has 3 aliphatic rings.